The molecule has 1 N–H and O–H groups in total. The lowest BCUT2D eigenvalue weighted by atomic mass is 9.99. The van der Waals surface area contributed by atoms with E-state index in [-0.39, 0.29) is 12.2 Å². The Kier molecular flexibility index (Phi) is 8.80. The van der Waals surface area contributed by atoms with Crippen molar-refractivity contribution in [3.8, 4) is 0 Å². The number of hydrogen-bond acceptors (Lipinski definition) is 7. The maximum atomic E-state index is 11.3. The zero-order valence-corrected chi connectivity index (χ0v) is 21.6. The van der Waals surface area contributed by atoms with Crippen LogP contribution in [0.15, 0.2) is 70.4 Å². The van der Waals surface area contributed by atoms with Gasteiger partial charge in [-0.15, -0.1) is 11.3 Å². The number of para-hydroxylation sites is 1. The molecular formula is C27H33NO4S2. The van der Waals surface area contributed by atoms with Crippen LogP contribution >= 0.6 is 23.1 Å². The second-order valence-electron chi connectivity index (χ2n) is 8.93. The molecule has 0 bridgehead atoms. The quantitative estimate of drug-likeness (QED) is 0.302. The summed E-state index contributed by atoms with van der Waals surface area (Å²) in [4.78, 5) is 4.66. The van der Waals surface area contributed by atoms with Gasteiger partial charge in [0.15, 0.2) is 10.1 Å². The Labute approximate surface area is 210 Å². The number of rotatable bonds is 11. The summed E-state index contributed by atoms with van der Waals surface area (Å²) in [6.45, 7) is 6.36. The molecule has 182 valence electrons. The molecule has 0 radical (unpaired) electrons. The summed E-state index contributed by atoms with van der Waals surface area (Å²) >= 11 is 3.22. The maximum Gasteiger partial charge on any atom is 0.164 e. The molecule has 0 aliphatic carbocycles. The average molecular weight is 500 g/mol. The highest BCUT2D eigenvalue weighted by Crippen LogP contribution is 2.35. The zero-order valence-electron chi connectivity index (χ0n) is 19.9. The second kappa shape index (κ2) is 11.8. The van der Waals surface area contributed by atoms with Crippen molar-refractivity contribution < 1.29 is 19.3 Å². The van der Waals surface area contributed by atoms with Crippen molar-refractivity contribution in [1.29, 1.82) is 0 Å². The Morgan fingerprint density at radius 2 is 1.91 bits per heavy atom. The minimum atomic E-state index is -0.806. The van der Waals surface area contributed by atoms with Crippen molar-refractivity contribution in [1.82, 2.24) is 4.98 Å². The van der Waals surface area contributed by atoms with E-state index in [0.717, 1.165) is 34.7 Å². The van der Waals surface area contributed by atoms with E-state index < -0.39 is 18.0 Å². The number of thiazole rings is 1. The molecule has 1 fully saturated rings. The van der Waals surface area contributed by atoms with Crippen LogP contribution in [0.2, 0.25) is 0 Å². The number of ether oxygens (including phenoxy) is 3. The maximum absolute atomic E-state index is 11.3. The monoisotopic (exact) mass is 499 g/mol. The standard InChI is InChI=1S/C27H33NO4S2/c1-4-5-14-21(30-18-19-11-7-6-8-12-19)24(29)25-22(31-27(2,3)32-25)16-17-33-26-28-20-13-9-10-15-23(20)34-26/h6-13,15-17,21-22,24-25,29H,4-5,14,18H2,1-3H3/b17-16+/t21-,22+,24+,25+/m1/s1. The van der Waals surface area contributed by atoms with Crippen LogP contribution in [0.25, 0.3) is 10.2 Å². The van der Waals surface area contributed by atoms with E-state index >= 15 is 0 Å². The first-order valence-electron chi connectivity index (χ1n) is 11.8. The Morgan fingerprint density at radius 3 is 2.68 bits per heavy atom. The van der Waals surface area contributed by atoms with Gasteiger partial charge in [0.1, 0.15) is 18.3 Å². The number of thioether (sulfide) groups is 1. The number of benzene rings is 2. The fourth-order valence-corrected chi connectivity index (χ4v) is 5.88. The van der Waals surface area contributed by atoms with Gasteiger partial charge in [-0.2, -0.15) is 0 Å². The van der Waals surface area contributed by atoms with E-state index in [0.29, 0.717) is 6.61 Å². The van der Waals surface area contributed by atoms with Crippen LogP contribution in [-0.2, 0) is 20.8 Å². The van der Waals surface area contributed by atoms with Crippen LogP contribution in [0.1, 0.15) is 45.6 Å². The fourth-order valence-electron chi connectivity index (χ4n) is 4.05. The van der Waals surface area contributed by atoms with Crippen LogP contribution in [0.3, 0.4) is 0 Å². The summed E-state index contributed by atoms with van der Waals surface area (Å²) in [6.07, 6.45) is 2.70. The first kappa shape index (κ1) is 25.4. The van der Waals surface area contributed by atoms with E-state index in [4.69, 9.17) is 14.2 Å². The molecule has 1 aromatic heterocycles. The molecule has 0 unspecified atom stereocenters. The topological polar surface area (TPSA) is 60.8 Å². The molecule has 0 spiro atoms. The average Bonchev–Trinajstić information content (AvgIpc) is 3.39. The predicted octanol–water partition coefficient (Wildman–Crippen LogP) is 6.56. The van der Waals surface area contributed by atoms with Crippen LogP contribution in [0.5, 0.6) is 0 Å². The molecule has 34 heavy (non-hydrogen) atoms. The molecule has 4 rings (SSSR count). The number of aromatic nitrogens is 1. The number of unbranched alkanes of at least 4 members (excludes halogenated alkanes) is 1. The Bertz CT molecular complexity index is 1040. The lowest BCUT2D eigenvalue weighted by molar-refractivity contribution is -0.167. The highest BCUT2D eigenvalue weighted by molar-refractivity contribution is 8.03. The number of aliphatic hydroxyl groups is 1. The summed E-state index contributed by atoms with van der Waals surface area (Å²) in [5.74, 6) is -0.782. The predicted molar refractivity (Wildman–Crippen MR) is 139 cm³/mol. The molecule has 0 saturated carbocycles. The number of hydrogen-bond donors (Lipinski definition) is 1. The molecule has 2 heterocycles. The molecule has 1 aliphatic heterocycles. The first-order chi connectivity index (χ1) is 16.4. The molecule has 2 aromatic carbocycles. The Balaban J connectivity index is 1.43. The summed E-state index contributed by atoms with van der Waals surface area (Å²) in [5.41, 5.74) is 2.09. The molecule has 4 atom stereocenters. The molecule has 0 amide bonds. The fraction of sp³-hybridized carbons (Fsp3) is 0.444. The van der Waals surface area contributed by atoms with Crippen molar-refractivity contribution in [3.05, 3.63) is 71.6 Å². The van der Waals surface area contributed by atoms with Crippen molar-refractivity contribution in [2.75, 3.05) is 0 Å². The van der Waals surface area contributed by atoms with E-state index in [9.17, 15) is 5.11 Å². The van der Waals surface area contributed by atoms with Gasteiger partial charge < -0.3 is 19.3 Å². The van der Waals surface area contributed by atoms with Crippen molar-refractivity contribution in [2.45, 2.75) is 81.2 Å². The van der Waals surface area contributed by atoms with Crippen LogP contribution in [0, 0.1) is 0 Å². The van der Waals surface area contributed by atoms with Gasteiger partial charge in [-0.3, -0.25) is 0 Å². The largest absolute Gasteiger partial charge is 0.388 e. The van der Waals surface area contributed by atoms with E-state index in [1.807, 2.05) is 73.9 Å². The Hall–Kier alpha value is -1.74. The van der Waals surface area contributed by atoms with Crippen molar-refractivity contribution in [2.24, 2.45) is 0 Å². The highest BCUT2D eigenvalue weighted by atomic mass is 32.2. The summed E-state index contributed by atoms with van der Waals surface area (Å²) in [7, 11) is 0. The summed E-state index contributed by atoms with van der Waals surface area (Å²) in [6, 6.07) is 18.2. The highest BCUT2D eigenvalue weighted by Gasteiger charge is 2.46. The zero-order chi connectivity index (χ0) is 24.0. The second-order valence-corrected chi connectivity index (χ2v) is 11.1. The van der Waals surface area contributed by atoms with Gasteiger partial charge in [-0.25, -0.2) is 4.98 Å². The summed E-state index contributed by atoms with van der Waals surface area (Å²) < 4.78 is 20.6. The van der Waals surface area contributed by atoms with Gasteiger partial charge in [0.05, 0.1) is 22.9 Å². The molecule has 1 aliphatic rings. The van der Waals surface area contributed by atoms with Crippen LogP contribution in [0.4, 0.5) is 0 Å². The van der Waals surface area contributed by atoms with Crippen molar-refractivity contribution in [3.63, 3.8) is 0 Å². The molecule has 5 nitrogen and oxygen atoms in total. The third-order valence-electron chi connectivity index (χ3n) is 5.74. The van der Waals surface area contributed by atoms with Crippen LogP contribution in [-0.4, -0.2) is 40.3 Å². The number of aliphatic hydroxyl groups excluding tert-OH is 1. The minimum Gasteiger partial charge on any atom is -0.388 e. The third-order valence-corrected chi connectivity index (χ3v) is 7.70. The number of nitrogens with zero attached hydrogens (tertiary/aromatic N) is 1. The minimum absolute atomic E-state index is 0.338. The SMILES string of the molecule is CCCC[C@@H](OCc1ccccc1)[C@H](O)[C@H]1OC(C)(C)O[C@H]1/C=C/Sc1nc2ccccc2s1. The number of fused-ring (bicyclic) bond motifs is 1. The van der Waals surface area contributed by atoms with E-state index in [1.165, 1.54) is 4.70 Å². The first-order valence-corrected chi connectivity index (χ1v) is 13.5. The van der Waals surface area contributed by atoms with Gasteiger partial charge in [0.25, 0.3) is 0 Å². The molecular weight excluding hydrogens is 466 g/mol. The summed E-state index contributed by atoms with van der Waals surface area (Å²) in [5, 5.41) is 13.3. The van der Waals surface area contributed by atoms with E-state index in [2.05, 4.69) is 18.0 Å². The van der Waals surface area contributed by atoms with Gasteiger partial charge in [-0.1, -0.05) is 74.0 Å². The van der Waals surface area contributed by atoms with Gasteiger partial charge in [0.2, 0.25) is 0 Å². The smallest absolute Gasteiger partial charge is 0.164 e. The normalized spacial score (nSPS) is 21.9. The van der Waals surface area contributed by atoms with Gasteiger partial charge in [-0.05, 0) is 49.4 Å². The molecule has 7 heteroatoms. The lowest BCUT2D eigenvalue weighted by Crippen LogP contribution is -2.44. The van der Waals surface area contributed by atoms with E-state index in [1.54, 1.807) is 23.1 Å². The van der Waals surface area contributed by atoms with Gasteiger partial charge >= 0.3 is 0 Å². The Morgan fingerprint density at radius 1 is 1.15 bits per heavy atom. The molecule has 1 saturated heterocycles. The van der Waals surface area contributed by atoms with Crippen molar-refractivity contribution >= 4 is 33.3 Å². The van der Waals surface area contributed by atoms with Crippen LogP contribution < -0.4 is 0 Å². The lowest BCUT2D eigenvalue weighted by Gasteiger charge is -2.29. The third kappa shape index (κ3) is 6.68. The van der Waals surface area contributed by atoms with Gasteiger partial charge in [0, 0.05) is 0 Å². The molecule has 3 aromatic rings.